The van der Waals surface area contributed by atoms with Gasteiger partial charge in [-0.1, -0.05) is 12.1 Å². The van der Waals surface area contributed by atoms with E-state index in [-0.39, 0.29) is 12.3 Å². The van der Waals surface area contributed by atoms with Crippen LogP contribution < -0.4 is 20.1 Å². The monoisotopic (exact) mass is 424 g/mol. The lowest BCUT2D eigenvalue weighted by molar-refractivity contribution is -0.0505. The van der Waals surface area contributed by atoms with Gasteiger partial charge in [0, 0.05) is 37.3 Å². The number of alkyl halides is 2. The molecular weight excluding hydrogens is 394 g/mol. The minimum atomic E-state index is -2.91. The molecule has 2 aromatic rings. The van der Waals surface area contributed by atoms with Gasteiger partial charge in [0.1, 0.15) is 17.3 Å². The summed E-state index contributed by atoms with van der Waals surface area (Å²) < 4.78 is 40.9. The molecule has 0 aliphatic carbocycles. The van der Waals surface area contributed by atoms with Gasteiger partial charge in [-0.2, -0.15) is 8.78 Å². The molecule has 0 aliphatic rings. The van der Waals surface area contributed by atoms with Crippen LogP contribution in [-0.2, 0) is 13.0 Å². The van der Waals surface area contributed by atoms with Crippen molar-refractivity contribution in [3.8, 4) is 11.5 Å². The molecule has 0 radical (unpaired) electrons. The lowest BCUT2D eigenvalue weighted by Gasteiger charge is -2.16. The van der Waals surface area contributed by atoms with Crippen LogP contribution in [0.2, 0.25) is 0 Å². The molecule has 0 saturated carbocycles. The molecule has 1 aromatic heterocycles. The van der Waals surface area contributed by atoms with Gasteiger partial charge in [0.25, 0.3) is 0 Å². The number of aromatic nitrogens is 1. The number of ether oxygens (including phenoxy) is 2. The molecule has 0 atom stereocenters. The first-order chi connectivity index (χ1) is 14.4. The van der Waals surface area contributed by atoms with Gasteiger partial charge in [0.15, 0.2) is 5.96 Å². The van der Waals surface area contributed by atoms with Gasteiger partial charge >= 0.3 is 6.61 Å². The Hall–Kier alpha value is -2.84. The van der Waals surface area contributed by atoms with Crippen molar-refractivity contribution in [3.63, 3.8) is 0 Å². The predicted octanol–water partition coefficient (Wildman–Crippen LogP) is 3.98. The zero-order valence-corrected chi connectivity index (χ0v) is 17.9. The summed E-state index contributed by atoms with van der Waals surface area (Å²) in [6.07, 6.45) is 2.54. The van der Waals surface area contributed by atoms with Crippen molar-refractivity contribution >= 4 is 5.96 Å². The lowest BCUT2D eigenvalue weighted by Crippen LogP contribution is -2.37. The second-order valence-corrected chi connectivity index (χ2v) is 6.76. The summed E-state index contributed by atoms with van der Waals surface area (Å²) in [4.78, 5) is 4.17. The van der Waals surface area contributed by atoms with Gasteiger partial charge in [-0.05, 0) is 45.2 Å². The second-order valence-electron chi connectivity index (χ2n) is 6.76. The number of aliphatic imine (C=N–C) groups is 1. The number of nitrogens with one attached hydrogen (secondary N) is 2. The highest BCUT2D eigenvalue weighted by molar-refractivity contribution is 5.79. The third-order valence-electron chi connectivity index (χ3n) is 4.47. The summed E-state index contributed by atoms with van der Waals surface area (Å²) in [6.45, 7) is 4.37. The number of halogens is 2. The molecule has 2 rings (SSSR count). The predicted molar refractivity (Wildman–Crippen MR) is 111 cm³/mol. The molecule has 0 bridgehead atoms. The van der Waals surface area contributed by atoms with Crippen molar-refractivity contribution in [3.05, 3.63) is 40.8 Å². The standard InChI is InChI=1S/C21H30F2N4O3/c1-5-11-28-17-9-8-16(19(12-17)29-20(22)23)13-26-21(24-4)25-10-6-7-18-14(2)27-30-15(18)3/h8-9,12,20H,5-7,10-11,13H2,1-4H3,(H2,24,25,26). The molecule has 1 heterocycles. The molecule has 0 amide bonds. The van der Waals surface area contributed by atoms with Crippen LogP contribution in [0.4, 0.5) is 8.78 Å². The molecule has 0 saturated heterocycles. The van der Waals surface area contributed by atoms with Crippen LogP contribution >= 0.6 is 0 Å². The number of benzene rings is 1. The summed E-state index contributed by atoms with van der Waals surface area (Å²) in [7, 11) is 1.65. The number of nitrogens with zero attached hydrogens (tertiary/aromatic N) is 2. The first-order valence-corrected chi connectivity index (χ1v) is 10.0. The van der Waals surface area contributed by atoms with E-state index < -0.39 is 6.61 Å². The van der Waals surface area contributed by atoms with Crippen molar-refractivity contribution in [2.24, 2.45) is 4.99 Å². The van der Waals surface area contributed by atoms with Crippen LogP contribution in [0.1, 0.15) is 42.3 Å². The van der Waals surface area contributed by atoms with E-state index in [1.54, 1.807) is 19.2 Å². The van der Waals surface area contributed by atoms with Gasteiger partial charge in [-0.3, -0.25) is 4.99 Å². The lowest BCUT2D eigenvalue weighted by atomic mass is 10.1. The van der Waals surface area contributed by atoms with Gasteiger partial charge in [-0.25, -0.2) is 0 Å². The summed E-state index contributed by atoms with van der Waals surface area (Å²) >= 11 is 0. The smallest absolute Gasteiger partial charge is 0.387 e. The van der Waals surface area contributed by atoms with E-state index in [0.29, 0.717) is 30.4 Å². The van der Waals surface area contributed by atoms with E-state index in [4.69, 9.17) is 9.26 Å². The van der Waals surface area contributed by atoms with Crippen LogP contribution in [0, 0.1) is 13.8 Å². The molecule has 2 N–H and O–H groups in total. The number of guanidine groups is 1. The highest BCUT2D eigenvalue weighted by atomic mass is 19.3. The third-order valence-corrected chi connectivity index (χ3v) is 4.47. The molecule has 1 aromatic carbocycles. The van der Waals surface area contributed by atoms with Crippen molar-refractivity contribution < 1.29 is 22.8 Å². The largest absolute Gasteiger partial charge is 0.493 e. The quantitative estimate of drug-likeness (QED) is 0.323. The van der Waals surface area contributed by atoms with Crippen LogP contribution in [0.3, 0.4) is 0 Å². The van der Waals surface area contributed by atoms with Crippen molar-refractivity contribution in [2.45, 2.75) is 53.2 Å². The third kappa shape index (κ3) is 7.20. The van der Waals surface area contributed by atoms with Gasteiger partial charge in [0.05, 0.1) is 12.3 Å². The molecule has 7 nitrogen and oxygen atoms in total. The van der Waals surface area contributed by atoms with Crippen LogP contribution in [-0.4, -0.2) is 37.9 Å². The molecule has 166 valence electrons. The first kappa shape index (κ1) is 23.4. The average molecular weight is 424 g/mol. The minimum absolute atomic E-state index is 0.0833. The van der Waals surface area contributed by atoms with E-state index in [1.165, 1.54) is 6.07 Å². The molecule has 0 spiro atoms. The Morgan fingerprint density at radius 3 is 2.70 bits per heavy atom. The fourth-order valence-electron chi connectivity index (χ4n) is 2.93. The zero-order valence-electron chi connectivity index (χ0n) is 17.9. The maximum atomic E-state index is 12.8. The Morgan fingerprint density at radius 2 is 2.07 bits per heavy atom. The average Bonchev–Trinajstić information content (AvgIpc) is 3.04. The van der Waals surface area contributed by atoms with E-state index in [9.17, 15) is 8.78 Å². The Kier molecular flexibility index (Phi) is 9.37. The Bertz CT molecular complexity index is 805. The van der Waals surface area contributed by atoms with Crippen LogP contribution in [0.5, 0.6) is 11.5 Å². The summed E-state index contributed by atoms with van der Waals surface area (Å²) in [6, 6.07) is 4.93. The molecule has 0 aliphatic heterocycles. The van der Waals surface area contributed by atoms with Crippen LogP contribution in [0.25, 0.3) is 0 Å². The number of hydrogen-bond donors (Lipinski definition) is 2. The zero-order chi connectivity index (χ0) is 21.9. The van der Waals surface area contributed by atoms with E-state index in [1.807, 2.05) is 20.8 Å². The second kappa shape index (κ2) is 12.0. The summed E-state index contributed by atoms with van der Waals surface area (Å²) in [5.74, 6) is 1.99. The Labute approximate surface area is 175 Å². The van der Waals surface area contributed by atoms with Gasteiger partial charge < -0.3 is 24.6 Å². The van der Waals surface area contributed by atoms with Crippen LogP contribution in [0.15, 0.2) is 27.7 Å². The van der Waals surface area contributed by atoms with Crippen molar-refractivity contribution in [1.82, 2.24) is 15.8 Å². The fourth-order valence-corrected chi connectivity index (χ4v) is 2.93. The topological polar surface area (TPSA) is 80.9 Å². The highest BCUT2D eigenvalue weighted by Gasteiger charge is 2.12. The fraction of sp³-hybridized carbons (Fsp3) is 0.524. The van der Waals surface area contributed by atoms with E-state index in [2.05, 4.69) is 25.5 Å². The molecule has 0 fully saturated rings. The summed E-state index contributed by atoms with van der Waals surface area (Å²) in [5, 5.41) is 10.3. The maximum Gasteiger partial charge on any atom is 0.387 e. The number of rotatable bonds is 11. The Morgan fingerprint density at radius 1 is 1.27 bits per heavy atom. The SMILES string of the molecule is CCCOc1ccc(CNC(=NC)NCCCc2c(C)noc2C)c(OC(F)F)c1. The molecule has 30 heavy (non-hydrogen) atoms. The maximum absolute atomic E-state index is 12.8. The van der Waals surface area contributed by atoms with Gasteiger partial charge in [0.2, 0.25) is 0 Å². The summed E-state index contributed by atoms with van der Waals surface area (Å²) in [5.41, 5.74) is 2.62. The molecule has 9 heteroatoms. The number of aryl methyl sites for hydroxylation is 2. The number of hydrogen-bond acceptors (Lipinski definition) is 5. The van der Waals surface area contributed by atoms with E-state index in [0.717, 1.165) is 36.3 Å². The Balaban J connectivity index is 1.88. The molecular formula is C21H30F2N4O3. The van der Waals surface area contributed by atoms with Crippen molar-refractivity contribution in [1.29, 1.82) is 0 Å². The van der Waals surface area contributed by atoms with Gasteiger partial charge in [-0.15, -0.1) is 0 Å². The minimum Gasteiger partial charge on any atom is -0.493 e. The van der Waals surface area contributed by atoms with E-state index >= 15 is 0 Å². The van der Waals surface area contributed by atoms with Crippen molar-refractivity contribution in [2.75, 3.05) is 20.2 Å². The normalized spacial score (nSPS) is 11.6. The molecule has 0 unspecified atom stereocenters. The highest BCUT2D eigenvalue weighted by Crippen LogP contribution is 2.26. The first-order valence-electron chi connectivity index (χ1n) is 10.0.